The highest BCUT2D eigenvalue weighted by Gasteiger charge is 2.23. The quantitative estimate of drug-likeness (QED) is 0.585. The first-order chi connectivity index (χ1) is 6.61. The lowest BCUT2D eigenvalue weighted by Crippen LogP contribution is -1.87. The van der Waals surface area contributed by atoms with Gasteiger partial charge in [0, 0.05) is 0 Å². The summed E-state index contributed by atoms with van der Waals surface area (Å²) < 4.78 is 13.3. The van der Waals surface area contributed by atoms with Crippen molar-refractivity contribution in [2.75, 3.05) is 0 Å². The molecule has 0 aliphatic carbocycles. The van der Waals surface area contributed by atoms with Gasteiger partial charge in [0.15, 0.2) is 0 Å². The van der Waals surface area contributed by atoms with E-state index in [9.17, 15) is 19.6 Å². The summed E-state index contributed by atoms with van der Waals surface area (Å²) in [5, 5.41) is 19.1. The van der Waals surface area contributed by atoms with Crippen LogP contribution in [0.5, 0.6) is 5.75 Å². The second-order valence-corrected chi connectivity index (χ2v) is 3.61. The van der Waals surface area contributed by atoms with Gasteiger partial charge in [0.1, 0.15) is 5.75 Å². The molecule has 1 heterocycles. The van der Waals surface area contributed by atoms with Crippen LogP contribution < -0.4 is 0 Å². The van der Waals surface area contributed by atoms with Crippen LogP contribution >= 0.6 is 11.3 Å². The van der Waals surface area contributed by atoms with Crippen LogP contribution in [0.3, 0.4) is 0 Å². The summed E-state index contributed by atoms with van der Waals surface area (Å²) in [5.74, 6) is -0.139. The molecule has 72 valence electrons. The lowest BCUT2D eigenvalue weighted by molar-refractivity contribution is -0.385. The Labute approximate surface area is 81.4 Å². The molecule has 1 N–H and O–H groups in total. The van der Waals surface area contributed by atoms with E-state index in [-0.39, 0.29) is 15.8 Å². The molecule has 1 aromatic heterocycles. The van der Waals surface area contributed by atoms with Crippen LogP contribution in [-0.2, 0) is 0 Å². The molecule has 0 atom stereocenters. The standard InChI is InChI=1S/C8H4FNO3S/c9-8-6(10(12)13)4-2-1-3-5(11)7(4)14-8/h1-3,11H. The minimum Gasteiger partial charge on any atom is -0.506 e. The van der Waals surface area contributed by atoms with Crippen molar-refractivity contribution in [3.8, 4) is 5.75 Å². The van der Waals surface area contributed by atoms with E-state index in [1.807, 2.05) is 0 Å². The van der Waals surface area contributed by atoms with Crippen molar-refractivity contribution >= 4 is 27.1 Å². The number of fused-ring (bicyclic) bond motifs is 1. The summed E-state index contributed by atoms with van der Waals surface area (Å²) in [6, 6.07) is 4.21. The Kier molecular flexibility index (Phi) is 1.85. The third-order valence-corrected chi connectivity index (χ3v) is 2.82. The predicted octanol–water partition coefficient (Wildman–Crippen LogP) is 2.65. The molecule has 6 heteroatoms. The van der Waals surface area contributed by atoms with Gasteiger partial charge >= 0.3 is 5.69 Å². The zero-order valence-corrected chi connectivity index (χ0v) is 7.55. The van der Waals surface area contributed by atoms with E-state index in [0.29, 0.717) is 11.3 Å². The Hall–Kier alpha value is -1.69. The monoisotopic (exact) mass is 213 g/mol. The SMILES string of the molecule is O=[N+]([O-])c1c(F)sc2c(O)cccc12. The van der Waals surface area contributed by atoms with Crippen molar-refractivity contribution < 1.29 is 14.4 Å². The summed E-state index contributed by atoms with van der Waals surface area (Å²) in [6.07, 6.45) is 0. The van der Waals surface area contributed by atoms with E-state index in [4.69, 9.17) is 0 Å². The molecule has 0 fully saturated rings. The van der Waals surface area contributed by atoms with Crippen LogP contribution in [0.15, 0.2) is 18.2 Å². The van der Waals surface area contributed by atoms with Crippen molar-refractivity contribution in [3.05, 3.63) is 33.4 Å². The van der Waals surface area contributed by atoms with Gasteiger partial charge in [-0.3, -0.25) is 10.1 Å². The minimum absolute atomic E-state index is 0.137. The summed E-state index contributed by atoms with van der Waals surface area (Å²) in [6.45, 7) is 0. The topological polar surface area (TPSA) is 63.4 Å². The number of phenolic OH excluding ortho intramolecular Hbond substituents is 1. The fourth-order valence-corrected chi connectivity index (χ4v) is 2.14. The number of benzene rings is 1. The Balaban J connectivity index is 2.90. The van der Waals surface area contributed by atoms with Crippen molar-refractivity contribution in [2.45, 2.75) is 0 Å². The molecular weight excluding hydrogens is 209 g/mol. The highest BCUT2D eigenvalue weighted by Crippen LogP contribution is 2.40. The highest BCUT2D eigenvalue weighted by molar-refractivity contribution is 7.18. The molecule has 0 unspecified atom stereocenters. The van der Waals surface area contributed by atoms with Gasteiger partial charge in [-0.25, -0.2) is 0 Å². The molecule has 0 bridgehead atoms. The van der Waals surface area contributed by atoms with Gasteiger partial charge in [-0.1, -0.05) is 17.4 Å². The maximum atomic E-state index is 13.1. The number of thiophene rings is 1. The molecule has 0 saturated carbocycles. The molecule has 0 radical (unpaired) electrons. The van der Waals surface area contributed by atoms with E-state index < -0.39 is 15.7 Å². The predicted molar refractivity (Wildman–Crippen MR) is 50.1 cm³/mol. The Morgan fingerprint density at radius 3 is 2.86 bits per heavy atom. The van der Waals surface area contributed by atoms with E-state index in [1.54, 1.807) is 0 Å². The lowest BCUT2D eigenvalue weighted by Gasteiger charge is -1.91. The van der Waals surface area contributed by atoms with Crippen LogP contribution in [-0.4, -0.2) is 10.0 Å². The minimum atomic E-state index is -0.883. The van der Waals surface area contributed by atoms with Gasteiger partial charge in [-0.05, 0) is 12.1 Å². The zero-order chi connectivity index (χ0) is 10.3. The maximum Gasteiger partial charge on any atom is 0.323 e. The number of nitro groups is 1. The number of hydrogen-bond acceptors (Lipinski definition) is 4. The second-order valence-electron chi connectivity index (χ2n) is 2.64. The smallest absolute Gasteiger partial charge is 0.323 e. The van der Waals surface area contributed by atoms with Crippen LogP contribution in [0, 0.1) is 15.2 Å². The van der Waals surface area contributed by atoms with E-state index in [2.05, 4.69) is 0 Å². The summed E-state index contributed by atoms with van der Waals surface area (Å²) in [4.78, 5) is 9.71. The van der Waals surface area contributed by atoms with Crippen molar-refractivity contribution in [1.29, 1.82) is 0 Å². The molecule has 2 rings (SSSR count). The average Bonchev–Trinajstić information content (AvgIpc) is 2.42. The molecular formula is C8H4FNO3S. The molecule has 0 aliphatic rings. The molecule has 1 aromatic carbocycles. The van der Waals surface area contributed by atoms with Gasteiger partial charge in [0.05, 0.1) is 15.0 Å². The van der Waals surface area contributed by atoms with Crippen LogP contribution in [0.1, 0.15) is 0 Å². The molecule has 2 aromatic rings. The summed E-state index contributed by atoms with van der Waals surface area (Å²) >= 11 is 0.575. The largest absolute Gasteiger partial charge is 0.506 e. The van der Waals surface area contributed by atoms with Crippen LogP contribution in [0.25, 0.3) is 10.1 Å². The second kappa shape index (κ2) is 2.91. The number of rotatable bonds is 1. The highest BCUT2D eigenvalue weighted by atomic mass is 32.1. The normalized spacial score (nSPS) is 10.6. The van der Waals surface area contributed by atoms with Crippen molar-refractivity contribution in [1.82, 2.24) is 0 Å². The summed E-state index contributed by atoms with van der Waals surface area (Å²) in [5.41, 5.74) is -0.569. The molecule has 0 spiro atoms. The molecule has 4 nitrogen and oxygen atoms in total. The number of hydrogen-bond donors (Lipinski definition) is 1. The van der Waals surface area contributed by atoms with Gasteiger partial charge in [-0.15, -0.1) is 0 Å². The number of nitrogens with zero attached hydrogens (tertiary/aromatic N) is 1. The third-order valence-electron chi connectivity index (χ3n) is 1.81. The van der Waals surface area contributed by atoms with Crippen LogP contribution in [0.4, 0.5) is 10.1 Å². The van der Waals surface area contributed by atoms with E-state index >= 15 is 0 Å². The maximum absolute atomic E-state index is 13.1. The average molecular weight is 213 g/mol. The van der Waals surface area contributed by atoms with Gasteiger partial charge in [-0.2, -0.15) is 4.39 Å². The molecule has 0 saturated heterocycles. The Bertz CT molecular complexity index is 523. The van der Waals surface area contributed by atoms with E-state index in [0.717, 1.165) is 0 Å². The van der Waals surface area contributed by atoms with Crippen molar-refractivity contribution in [2.24, 2.45) is 0 Å². The molecule has 0 aliphatic heterocycles. The third kappa shape index (κ3) is 1.12. The number of phenols is 1. The fraction of sp³-hybridized carbons (Fsp3) is 0. The van der Waals surface area contributed by atoms with E-state index in [1.165, 1.54) is 18.2 Å². The molecule has 14 heavy (non-hydrogen) atoms. The van der Waals surface area contributed by atoms with Crippen molar-refractivity contribution in [3.63, 3.8) is 0 Å². The first-order valence-corrected chi connectivity index (χ1v) is 4.47. The number of aromatic hydroxyl groups is 1. The Morgan fingerprint density at radius 2 is 2.21 bits per heavy atom. The Morgan fingerprint density at radius 1 is 1.50 bits per heavy atom. The lowest BCUT2D eigenvalue weighted by atomic mass is 10.2. The van der Waals surface area contributed by atoms with Gasteiger partial charge < -0.3 is 5.11 Å². The fourth-order valence-electron chi connectivity index (χ4n) is 1.23. The first-order valence-electron chi connectivity index (χ1n) is 3.65. The number of halogens is 1. The molecule has 0 amide bonds. The zero-order valence-electron chi connectivity index (χ0n) is 6.73. The van der Waals surface area contributed by atoms with Crippen LogP contribution in [0.2, 0.25) is 0 Å². The van der Waals surface area contributed by atoms with Gasteiger partial charge in [0.25, 0.3) is 5.13 Å². The first kappa shape index (κ1) is 8.89. The van der Waals surface area contributed by atoms with Gasteiger partial charge in [0.2, 0.25) is 0 Å². The summed E-state index contributed by atoms with van der Waals surface area (Å²) in [7, 11) is 0.